The third-order valence-electron chi connectivity index (χ3n) is 7.61. The maximum atomic E-state index is 12.7. The summed E-state index contributed by atoms with van der Waals surface area (Å²) in [5.41, 5.74) is 0.815. The Morgan fingerprint density at radius 2 is 1.85 bits per heavy atom. The molecule has 10 atom stereocenters. The zero-order valence-corrected chi connectivity index (χ0v) is 22.2. The lowest BCUT2D eigenvalue weighted by Crippen LogP contribution is -2.60. The number of benzene rings is 1. The molecule has 10 unspecified atom stereocenters. The molecule has 3 aliphatic rings. The molecule has 0 amide bonds. The van der Waals surface area contributed by atoms with Crippen LogP contribution in [0, 0.1) is 17.8 Å². The van der Waals surface area contributed by atoms with Gasteiger partial charge in [-0.25, -0.2) is 9.59 Å². The quantitative estimate of drug-likeness (QED) is 0.206. The largest absolute Gasteiger partial charge is 0.504 e. The zero-order chi connectivity index (χ0) is 29.1. The van der Waals surface area contributed by atoms with E-state index in [1.54, 1.807) is 19.1 Å². The Bertz CT molecular complexity index is 1130. The second-order valence-electron chi connectivity index (χ2n) is 9.92. The van der Waals surface area contributed by atoms with E-state index >= 15 is 0 Å². The standard InChI is InChI=1S/C27H34O13/c1-12-17(38-20(30)7-5-13-4-6-16(29)18(8-13)35-2)9-14-15(25(34)36-3)11-37-26(21(12)14)40-27-24(33)23(32)22(31)19(10-28)39-27/h4-8,11-12,14,17,19,21-24,26-29,31-33H,9-10H2,1-3H3. The molecule has 1 aliphatic carbocycles. The second kappa shape index (κ2) is 12.5. The molecule has 1 saturated heterocycles. The van der Waals surface area contributed by atoms with Gasteiger partial charge in [-0.05, 0) is 30.2 Å². The van der Waals surface area contributed by atoms with Crippen LogP contribution in [-0.4, -0.2) is 101 Å². The predicted molar refractivity (Wildman–Crippen MR) is 134 cm³/mol. The van der Waals surface area contributed by atoms with Crippen molar-refractivity contribution >= 4 is 18.0 Å². The van der Waals surface area contributed by atoms with Crippen molar-refractivity contribution in [1.82, 2.24) is 0 Å². The van der Waals surface area contributed by atoms with Gasteiger partial charge in [-0.3, -0.25) is 0 Å². The molecule has 5 N–H and O–H groups in total. The molecule has 40 heavy (non-hydrogen) atoms. The van der Waals surface area contributed by atoms with Crippen molar-refractivity contribution < 1.29 is 63.5 Å². The van der Waals surface area contributed by atoms with E-state index in [9.17, 15) is 35.1 Å². The lowest BCUT2D eigenvalue weighted by Gasteiger charge is -2.43. The monoisotopic (exact) mass is 566 g/mol. The SMILES string of the molecule is COC(=O)C1=COC(OC2OC(CO)C(O)C(O)C2O)C2C1CC(OC(=O)C=Cc1ccc(O)c(OC)c1)C2C. The van der Waals surface area contributed by atoms with Crippen molar-refractivity contribution in [2.75, 3.05) is 20.8 Å². The van der Waals surface area contributed by atoms with Crippen molar-refractivity contribution in [1.29, 1.82) is 0 Å². The molecule has 13 heteroatoms. The molecule has 4 rings (SSSR count). The van der Waals surface area contributed by atoms with Crippen molar-refractivity contribution in [3.8, 4) is 11.5 Å². The van der Waals surface area contributed by atoms with E-state index in [0.29, 0.717) is 5.56 Å². The summed E-state index contributed by atoms with van der Waals surface area (Å²) in [7, 11) is 2.64. The average molecular weight is 567 g/mol. The number of rotatable bonds is 8. The molecule has 13 nitrogen and oxygen atoms in total. The fourth-order valence-corrected chi connectivity index (χ4v) is 5.38. The minimum Gasteiger partial charge on any atom is -0.504 e. The minimum atomic E-state index is -1.65. The highest BCUT2D eigenvalue weighted by molar-refractivity contribution is 5.89. The van der Waals surface area contributed by atoms with E-state index in [-0.39, 0.29) is 23.5 Å². The molecule has 2 aliphatic heterocycles. The first kappa shape index (κ1) is 29.8. The first-order valence-corrected chi connectivity index (χ1v) is 12.7. The number of fused-ring (bicyclic) bond motifs is 1. The first-order valence-electron chi connectivity index (χ1n) is 12.7. The Balaban J connectivity index is 1.50. The van der Waals surface area contributed by atoms with Crippen LogP contribution in [0.4, 0.5) is 0 Å². The van der Waals surface area contributed by atoms with E-state index in [1.807, 2.05) is 0 Å². The summed E-state index contributed by atoms with van der Waals surface area (Å²) in [6, 6.07) is 4.58. The van der Waals surface area contributed by atoms with Crippen molar-refractivity contribution in [2.45, 2.75) is 56.4 Å². The predicted octanol–water partition coefficient (Wildman–Crippen LogP) is -0.172. The Kier molecular flexibility index (Phi) is 9.33. The summed E-state index contributed by atoms with van der Waals surface area (Å²) >= 11 is 0. The fraction of sp³-hybridized carbons (Fsp3) is 0.556. The highest BCUT2D eigenvalue weighted by Crippen LogP contribution is 2.48. The van der Waals surface area contributed by atoms with Gasteiger partial charge >= 0.3 is 11.9 Å². The average Bonchev–Trinajstić information content (AvgIpc) is 3.28. The van der Waals surface area contributed by atoms with Crippen LogP contribution in [0.5, 0.6) is 11.5 Å². The first-order chi connectivity index (χ1) is 19.1. The number of esters is 2. The maximum absolute atomic E-state index is 12.7. The molecule has 0 bridgehead atoms. The summed E-state index contributed by atoms with van der Waals surface area (Å²) < 4.78 is 32.7. The van der Waals surface area contributed by atoms with Gasteiger partial charge in [0.15, 0.2) is 17.8 Å². The summed E-state index contributed by atoms with van der Waals surface area (Å²) in [6.45, 7) is 1.16. The molecule has 220 valence electrons. The van der Waals surface area contributed by atoms with Crippen molar-refractivity contribution in [2.24, 2.45) is 17.8 Å². The van der Waals surface area contributed by atoms with Gasteiger partial charge in [-0.15, -0.1) is 0 Å². The lowest BCUT2D eigenvalue weighted by atomic mass is 9.83. The smallest absolute Gasteiger partial charge is 0.337 e. The molecule has 0 radical (unpaired) electrons. The molecule has 1 aromatic rings. The van der Waals surface area contributed by atoms with Crippen LogP contribution in [0.3, 0.4) is 0 Å². The van der Waals surface area contributed by atoms with Crippen molar-refractivity contribution in [3.63, 3.8) is 0 Å². The van der Waals surface area contributed by atoms with Gasteiger partial charge in [0.1, 0.15) is 30.5 Å². The number of phenols is 1. The van der Waals surface area contributed by atoms with Gasteiger partial charge in [0, 0.05) is 23.8 Å². The lowest BCUT2D eigenvalue weighted by molar-refractivity contribution is -0.342. The molecule has 0 spiro atoms. The number of hydrogen-bond donors (Lipinski definition) is 5. The minimum absolute atomic E-state index is 0.0400. The number of carbonyl (C=O) groups excluding carboxylic acids is 2. The van der Waals surface area contributed by atoms with Crippen LogP contribution in [0.2, 0.25) is 0 Å². The normalized spacial score (nSPS) is 35.4. The fourth-order valence-electron chi connectivity index (χ4n) is 5.38. The number of carbonyl (C=O) groups is 2. The number of methoxy groups -OCH3 is 2. The molecular formula is C27H34O13. The third kappa shape index (κ3) is 5.94. The summed E-state index contributed by atoms with van der Waals surface area (Å²) in [5.74, 6) is -2.53. The van der Waals surface area contributed by atoms with Crippen LogP contribution in [0.15, 0.2) is 36.1 Å². The molecule has 2 heterocycles. The highest BCUT2D eigenvalue weighted by atomic mass is 16.8. The summed E-state index contributed by atoms with van der Waals surface area (Å²) in [6.07, 6.45) is -5.08. The van der Waals surface area contributed by atoms with Crippen LogP contribution in [-0.2, 0) is 33.3 Å². The Morgan fingerprint density at radius 1 is 1.10 bits per heavy atom. The second-order valence-corrected chi connectivity index (χ2v) is 9.92. The van der Waals surface area contributed by atoms with Gasteiger partial charge < -0.3 is 54.0 Å². The van der Waals surface area contributed by atoms with E-state index in [1.165, 1.54) is 38.7 Å². The molecule has 2 fully saturated rings. The summed E-state index contributed by atoms with van der Waals surface area (Å²) in [4.78, 5) is 25.2. The number of phenolic OH excluding ortho intramolecular Hbond substituents is 1. The number of hydrogen-bond acceptors (Lipinski definition) is 13. The zero-order valence-electron chi connectivity index (χ0n) is 22.2. The Labute approximate surface area is 230 Å². The van der Waals surface area contributed by atoms with Crippen LogP contribution >= 0.6 is 0 Å². The van der Waals surface area contributed by atoms with Gasteiger partial charge in [0.05, 0.1) is 32.7 Å². The van der Waals surface area contributed by atoms with Gasteiger partial charge in [-0.1, -0.05) is 13.0 Å². The van der Waals surface area contributed by atoms with Gasteiger partial charge in [0.2, 0.25) is 6.29 Å². The Hall–Kier alpha value is -3.20. The number of aromatic hydroxyl groups is 1. The molecular weight excluding hydrogens is 532 g/mol. The Morgan fingerprint density at radius 3 is 2.52 bits per heavy atom. The van der Waals surface area contributed by atoms with Crippen molar-refractivity contribution in [3.05, 3.63) is 41.7 Å². The summed E-state index contributed by atoms with van der Waals surface area (Å²) in [5, 5.41) is 49.8. The molecule has 1 aromatic carbocycles. The number of ether oxygens (including phenoxy) is 6. The maximum Gasteiger partial charge on any atom is 0.337 e. The molecule has 0 aromatic heterocycles. The van der Waals surface area contributed by atoms with E-state index in [4.69, 9.17) is 28.4 Å². The van der Waals surface area contributed by atoms with Crippen LogP contribution in [0.25, 0.3) is 6.08 Å². The number of aliphatic hydroxyl groups is 4. The van der Waals surface area contributed by atoms with Gasteiger partial charge in [-0.2, -0.15) is 0 Å². The highest BCUT2D eigenvalue weighted by Gasteiger charge is 2.54. The topological polar surface area (TPSA) is 191 Å². The molecule has 1 saturated carbocycles. The van der Waals surface area contributed by atoms with E-state index in [2.05, 4.69) is 0 Å². The van der Waals surface area contributed by atoms with Crippen LogP contribution in [0.1, 0.15) is 18.9 Å². The van der Waals surface area contributed by atoms with Gasteiger partial charge in [0.25, 0.3) is 0 Å². The third-order valence-corrected chi connectivity index (χ3v) is 7.61. The van der Waals surface area contributed by atoms with E-state index in [0.717, 1.165) is 0 Å². The van der Waals surface area contributed by atoms with Crippen LogP contribution < -0.4 is 4.74 Å². The number of aliphatic hydroxyl groups excluding tert-OH is 4. The van der Waals surface area contributed by atoms with E-state index < -0.39 is 79.4 Å².